The summed E-state index contributed by atoms with van der Waals surface area (Å²) >= 11 is 0. The second kappa shape index (κ2) is 12.2. The zero-order chi connectivity index (χ0) is 28.3. The molecule has 5 rings (SSSR count). The van der Waals surface area contributed by atoms with Gasteiger partial charge in [-0.05, 0) is 56.3 Å². The molecule has 10 nitrogen and oxygen atoms in total. The summed E-state index contributed by atoms with van der Waals surface area (Å²) in [7, 11) is -3.44. The number of ether oxygens (including phenoxy) is 1. The normalized spacial score (nSPS) is 21.0. The van der Waals surface area contributed by atoms with Gasteiger partial charge in [-0.3, -0.25) is 9.78 Å². The third-order valence-electron chi connectivity index (χ3n) is 7.46. The number of carbonyl (C=O) groups is 1. The Bertz CT molecular complexity index is 1450. The maximum absolute atomic E-state index is 12.8. The predicted octanol–water partition coefficient (Wildman–Crippen LogP) is 2.36. The van der Waals surface area contributed by atoms with Crippen molar-refractivity contribution >= 4 is 32.5 Å². The SMILES string of the molecule is C[C@@H]1CN(c2cccc(-c3ccc4cnc(CC(=O)NC5CCN(S(=O)(=O)CCO)CC5)cc4c3)n2)C[C@H](C)O1. The summed E-state index contributed by atoms with van der Waals surface area (Å²) in [6, 6.07) is 14.1. The van der Waals surface area contributed by atoms with Gasteiger partial charge in [0.1, 0.15) is 5.82 Å². The Hall–Kier alpha value is -3.12. The van der Waals surface area contributed by atoms with Gasteiger partial charge in [0.2, 0.25) is 15.9 Å². The average Bonchev–Trinajstić information content (AvgIpc) is 2.92. The van der Waals surface area contributed by atoms with E-state index in [0.717, 1.165) is 40.9 Å². The van der Waals surface area contributed by atoms with Gasteiger partial charge in [0, 0.05) is 49.4 Å². The average molecular weight is 568 g/mol. The lowest BCUT2D eigenvalue weighted by atomic mass is 10.0. The summed E-state index contributed by atoms with van der Waals surface area (Å²) in [5.41, 5.74) is 2.55. The molecule has 2 N–H and O–H groups in total. The van der Waals surface area contributed by atoms with Crippen molar-refractivity contribution < 1.29 is 23.1 Å². The van der Waals surface area contributed by atoms with Crippen LogP contribution in [0.2, 0.25) is 0 Å². The molecule has 2 aromatic heterocycles. The number of rotatable bonds is 8. The molecule has 0 spiro atoms. The van der Waals surface area contributed by atoms with Gasteiger partial charge in [-0.25, -0.2) is 17.7 Å². The molecule has 2 aliphatic rings. The number of fused-ring (bicyclic) bond motifs is 1. The van der Waals surface area contributed by atoms with Crippen molar-refractivity contribution in [1.82, 2.24) is 19.6 Å². The summed E-state index contributed by atoms with van der Waals surface area (Å²) in [5, 5.41) is 14.0. The Balaban J connectivity index is 1.24. The van der Waals surface area contributed by atoms with Gasteiger partial charge >= 0.3 is 0 Å². The zero-order valence-corrected chi connectivity index (χ0v) is 23.8. The van der Waals surface area contributed by atoms with Crippen molar-refractivity contribution in [2.24, 2.45) is 0 Å². The number of amides is 1. The van der Waals surface area contributed by atoms with E-state index in [1.165, 1.54) is 4.31 Å². The van der Waals surface area contributed by atoms with Gasteiger partial charge in [-0.15, -0.1) is 0 Å². The number of nitrogens with zero attached hydrogens (tertiary/aromatic N) is 4. The standard InChI is InChI=1S/C29H37N5O5S/c1-20-18-33(19-21(2)39-20)28-5-3-4-27(32-28)22-6-7-23-17-30-26(15-24(23)14-22)16-29(36)31-25-8-10-34(11-9-25)40(37,38)13-12-35/h3-7,14-15,17,20-21,25,35H,8-13,16,18-19H2,1-2H3,(H,31,36)/t20-,21+. The monoisotopic (exact) mass is 567 g/mol. The molecule has 1 amide bonds. The van der Waals surface area contributed by atoms with Crippen LogP contribution in [0.3, 0.4) is 0 Å². The van der Waals surface area contributed by atoms with Crippen LogP contribution in [0.5, 0.6) is 0 Å². The van der Waals surface area contributed by atoms with E-state index in [9.17, 15) is 13.2 Å². The number of sulfonamides is 1. The number of pyridine rings is 2. The van der Waals surface area contributed by atoms with Gasteiger partial charge in [0.05, 0.1) is 42.4 Å². The minimum atomic E-state index is -3.44. The first kappa shape index (κ1) is 28.4. The van der Waals surface area contributed by atoms with Crippen LogP contribution in [0.4, 0.5) is 5.82 Å². The predicted molar refractivity (Wildman–Crippen MR) is 155 cm³/mol. The molecule has 2 fully saturated rings. The second-order valence-corrected chi connectivity index (χ2v) is 12.8. The lowest BCUT2D eigenvalue weighted by Crippen LogP contribution is -2.47. The quantitative estimate of drug-likeness (QED) is 0.425. The smallest absolute Gasteiger partial charge is 0.226 e. The van der Waals surface area contributed by atoms with Gasteiger partial charge in [-0.2, -0.15) is 0 Å². The number of aliphatic hydroxyl groups excluding tert-OH is 1. The lowest BCUT2D eigenvalue weighted by molar-refractivity contribution is -0.121. The lowest BCUT2D eigenvalue weighted by Gasteiger charge is -2.36. The number of hydrogen-bond acceptors (Lipinski definition) is 8. The summed E-state index contributed by atoms with van der Waals surface area (Å²) in [4.78, 5) is 24.5. The highest BCUT2D eigenvalue weighted by Crippen LogP contribution is 2.26. The van der Waals surface area contributed by atoms with E-state index < -0.39 is 16.6 Å². The van der Waals surface area contributed by atoms with Crippen LogP contribution >= 0.6 is 0 Å². The molecule has 11 heteroatoms. The number of aliphatic hydroxyl groups is 1. The molecule has 0 radical (unpaired) electrons. The fourth-order valence-electron chi connectivity index (χ4n) is 5.53. The van der Waals surface area contributed by atoms with E-state index in [2.05, 4.69) is 35.1 Å². The molecular weight excluding hydrogens is 530 g/mol. The number of piperidine rings is 1. The maximum atomic E-state index is 12.8. The molecule has 0 saturated carbocycles. The summed E-state index contributed by atoms with van der Waals surface area (Å²) in [6.45, 7) is 6.05. The van der Waals surface area contributed by atoms with Crippen molar-refractivity contribution in [3.63, 3.8) is 0 Å². The first-order valence-corrected chi connectivity index (χ1v) is 15.5. The molecule has 0 aliphatic carbocycles. The summed E-state index contributed by atoms with van der Waals surface area (Å²) < 4.78 is 31.6. The number of carbonyl (C=O) groups excluding carboxylic acids is 1. The highest BCUT2D eigenvalue weighted by molar-refractivity contribution is 7.89. The molecule has 0 bridgehead atoms. The number of nitrogens with one attached hydrogen (secondary N) is 1. The molecule has 2 saturated heterocycles. The topological polar surface area (TPSA) is 125 Å². The Morgan fingerprint density at radius 2 is 1.82 bits per heavy atom. The van der Waals surface area contributed by atoms with Gasteiger partial charge < -0.3 is 20.1 Å². The van der Waals surface area contributed by atoms with Crippen molar-refractivity contribution in [2.45, 2.75) is 51.4 Å². The molecule has 4 heterocycles. The van der Waals surface area contributed by atoms with E-state index >= 15 is 0 Å². The highest BCUT2D eigenvalue weighted by Gasteiger charge is 2.28. The minimum absolute atomic E-state index is 0.0871. The zero-order valence-electron chi connectivity index (χ0n) is 23.0. The van der Waals surface area contributed by atoms with Gasteiger partial charge in [0.15, 0.2) is 0 Å². The van der Waals surface area contributed by atoms with E-state index in [4.69, 9.17) is 14.8 Å². The molecule has 2 aliphatic heterocycles. The number of hydrogen-bond donors (Lipinski definition) is 2. The Morgan fingerprint density at radius 1 is 1.07 bits per heavy atom. The molecule has 0 unspecified atom stereocenters. The number of anilines is 1. The first-order chi connectivity index (χ1) is 19.2. The molecule has 1 aromatic carbocycles. The molecule has 2 atom stereocenters. The van der Waals surface area contributed by atoms with Crippen molar-refractivity contribution in [3.05, 3.63) is 54.4 Å². The Labute approximate surface area is 235 Å². The van der Waals surface area contributed by atoms with Gasteiger partial charge in [0.25, 0.3) is 0 Å². The van der Waals surface area contributed by atoms with E-state index in [1.54, 1.807) is 6.20 Å². The van der Waals surface area contributed by atoms with Gasteiger partial charge in [-0.1, -0.05) is 18.2 Å². The van der Waals surface area contributed by atoms with E-state index in [0.29, 0.717) is 31.6 Å². The maximum Gasteiger partial charge on any atom is 0.226 e. The highest BCUT2D eigenvalue weighted by atomic mass is 32.2. The van der Waals surface area contributed by atoms with Crippen LogP contribution in [0.15, 0.2) is 48.7 Å². The first-order valence-electron chi connectivity index (χ1n) is 13.8. The largest absolute Gasteiger partial charge is 0.395 e. The fourth-order valence-corrected chi connectivity index (χ4v) is 6.79. The van der Waals surface area contributed by atoms with Crippen LogP contribution in [-0.2, 0) is 26.0 Å². The van der Waals surface area contributed by atoms with E-state index in [1.807, 2.05) is 36.4 Å². The molecule has 3 aromatic rings. The van der Waals surface area contributed by atoms with Crippen molar-refractivity contribution in [1.29, 1.82) is 0 Å². The molecule has 214 valence electrons. The molecular formula is C29H37N5O5S. The number of morpholine rings is 1. The fraction of sp³-hybridized carbons (Fsp3) is 0.483. The number of aromatic nitrogens is 2. The van der Waals surface area contributed by atoms with Crippen molar-refractivity contribution in [2.75, 3.05) is 43.4 Å². The third-order valence-corrected chi connectivity index (χ3v) is 9.31. The van der Waals surface area contributed by atoms with Crippen LogP contribution in [0, 0.1) is 0 Å². The summed E-state index contributed by atoms with van der Waals surface area (Å²) in [5.74, 6) is 0.527. The second-order valence-electron chi connectivity index (χ2n) is 10.7. The third kappa shape index (κ3) is 6.77. The van der Waals surface area contributed by atoms with E-state index in [-0.39, 0.29) is 36.3 Å². The van der Waals surface area contributed by atoms with Crippen LogP contribution < -0.4 is 10.2 Å². The van der Waals surface area contributed by atoms with Crippen LogP contribution in [0.25, 0.3) is 22.0 Å². The molecule has 40 heavy (non-hydrogen) atoms. The Kier molecular flexibility index (Phi) is 8.65. The summed E-state index contributed by atoms with van der Waals surface area (Å²) in [6.07, 6.45) is 3.31. The minimum Gasteiger partial charge on any atom is -0.395 e. The Morgan fingerprint density at radius 3 is 2.55 bits per heavy atom. The van der Waals surface area contributed by atoms with Crippen LogP contribution in [0.1, 0.15) is 32.4 Å². The number of benzene rings is 1. The van der Waals surface area contributed by atoms with Crippen LogP contribution in [-0.4, -0.2) is 90.5 Å². The van der Waals surface area contributed by atoms with Crippen molar-refractivity contribution in [3.8, 4) is 11.3 Å².